The molecule has 3 heterocycles. The van der Waals surface area contributed by atoms with Gasteiger partial charge in [0.15, 0.2) is 0 Å². The second kappa shape index (κ2) is 2.38. The third-order valence-electron chi connectivity index (χ3n) is 4.31. The van der Waals surface area contributed by atoms with Crippen LogP contribution in [0, 0.1) is 17.8 Å². The predicted molar refractivity (Wildman–Crippen MR) is 58.6 cm³/mol. The maximum atomic E-state index is 2.73. The van der Waals surface area contributed by atoms with Crippen LogP contribution in [0.2, 0.25) is 0 Å². The minimum absolute atomic E-state index is 0.630. The van der Waals surface area contributed by atoms with Crippen LogP contribution in [0.4, 0.5) is 0 Å². The van der Waals surface area contributed by atoms with Crippen molar-refractivity contribution in [1.82, 2.24) is 4.90 Å². The van der Waals surface area contributed by atoms with Gasteiger partial charge in [0, 0.05) is 23.1 Å². The molecule has 1 saturated carbocycles. The van der Waals surface area contributed by atoms with Crippen molar-refractivity contribution in [2.24, 2.45) is 17.8 Å². The third-order valence-corrected chi connectivity index (χ3v) is 6.07. The van der Waals surface area contributed by atoms with E-state index in [-0.39, 0.29) is 0 Å². The fraction of sp³-hybridized carbons (Fsp3) is 1.00. The Morgan fingerprint density at radius 3 is 2.25 bits per heavy atom. The second-order valence-corrected chi connectivity index (χ2v) is 7.43. The topological polar surface area (TPSA) is 3.24 Å². The lowest BCUT2D eigenvalue weighted by Gasteiger charge is -2.59. The quantitative estimate of drug-likeness (QED) is 0.484. The summed E-state index contributed by atoms with van der Waals surface area (Å²) >= 11 is 2.73. The monoisotopic (exact) mass is 277 g/mol. The Balaban J connectivity index is 1.96. The first-order valence-electron chi connectivity index (χ1n) is 5.07. The van der Waals surface area contributed by atoms with E-state index in [0.29, 0.717) is 3.42 Å². The highest BCUT2D eigenvalue weighted by atomic mass is 127. The molecule has 0 amide bonds. The van der Waals surface area contributed by atoms with Crippen molar-refractivity contribution in [2.45, 2.75) is 23.2 Å². The summed E-state index contributed by atoms with van der Waals surface area (Å²) in [5.74, 6) is 3.07. The van der Waals surface area contributed by atoms with Gasteiger partial charge < -0.3 is 4.90 Å². The average molecular weight is 277 g/mol. The minimum atomic E-state index is 0.630. The van der Waals surface area contributed by atoms with E-state index in [9.17, 15) is 0 Å². The molecule has 0 aromatic rings. The zero-order valence-corrected chi connectivity index (χ0v) is 9.75. The first kappa shape index (κ1) is 8.04. The van der Waals surface area contributed by atoms with Gasteiger partial charge in [-0.25, -0.2) is 0 Å². The largest absolute Gasteiger partial charge is 0.302 e. The van der Waals surface area contributed by atoms with Crippen LogP contribution >= 0.6 is 22.6 Å². The smallest absolute Gasteiger partial charge is 0.0275 e. The summed E-state index contributed by atoms with van der Waals surface area (Å²) < 4.78 is 0.630. The maximum absolute atomic E-state index is 2.73. The molecule has 0 spiro atoms. The fourth-order valence-corrected chi connectivity index (χ4v) is 4.46. The van der Waals surface area contributed by atoms with E-state index in [1.54, 1.807) is 0 Å². The zero-order chi connectivity index (χ0) is 8.34. The van der Waals surface area contributed by atoms with Crippen LogP contribution in [-0.2, 0) is 0 Å². The summed E-state index contributed by atoms with van der Waals surface area (Å²) in [6.45, 7) is 6.69. The third kappa shape index (κ3) is 0.939. The molecule has 3 saturated heterocycles. The highest BCUT2D eigenvalue weighted by Crippen LogP contribution is 2.53. The van der Waals surface area contributed by atoms with Crippen LogP contribution in [-0.4, -0.2) is 28.0 Å². The Kier molecular flexibility index (Phi) is 1.59. The molecule has 2 atom stereocenters. The van der Waals surface area contributed by atoms with Gasteiger partial charge in [-0.2, -0.15) is 0 Å². The van der Waals surface area contributed by atoms with E-state index in [1.807, 2.05) is 0 Å². The molecule has 1 nitrogen and oxygen atoms in total. The van der Waals surface area contributed by atoms with Crippen molar-refractivity contribution in [3.05, 3.63) is 0 Å². The number of piperidine rings is 3. The molecule has 2 unspecified atom stereocenters. The van der Waals surface area contributed by atoms with Crippen molar-refractivity contribution in [3.63, 3.8) is 0 Å². The minimum Gasteiger partial charge on any atom is -0.302 e. The lowest BCUT2D eigenvalue weighted by atomic mass is 9.62. The van der Waals surface area contributed by atoms with Crippen LogP contribution in [0.25, 0.3) is 0 Å². The summed E-state index contributed by atoms with van der Waals surface area (Å²) in [6.07, 6.45) is 3.04. The second-order valence-electron chi connectivity index (χ2n) is 5.10. The Labute approximate surface area is 88.0 Å². The molecular weight excluding hydrogens is 261 g/mol. The molecule has 2 heteroatoms. The lowest BCUT2D eigenvalue weighted by Crippen LogP contribution is -2.62. The normalized spacial score (nSPS) is 62.5. The molecule has 3 aliphatic heterocycles. The van der Waals surface area contributed by atoms with E-state index >= 15 is 0 Å². The van der Waals surface area contributed by atoms with Crippen LogP contribution in [0.3, 0.4) is 0 Å². The number of hydrogen-bond acceptors (Lipinski definition) is 1. The van der Waals surface area contributed by atoms with Crippen molar-refractivity contribution < 1.29 is 0 Å². The van der Waals surface area contributed by atoms with Gasteiger partial charge in [-0.1, -0.05) is 22.6 Å². The summed E-state index contributed by atoms with van der Waals surface area (Å²) in [5, 5.41) is 0. The molecule has 0 N–H and O–H groups in total. The molecule has 4 bridgehead atoms. The Morgan fingerprint density at radius 1 is 1.17 bits per heavy atom. The molecule has 1 aliphatic carbocycles. The standard InChI is InChI=1S/C10H16IN/c1-10(11)8-2-7-3-9(10)6-12(4-7)5-8/h7-9H,2-6H2,1H3. The molecule has 12 heavy (non-hydrogen) atoms. The van der Waals surface area contributed by atoms with Crippen molar-refractivity contribution in [1.29, 1.82) is 0 Å². The molecule has 4 fully saturated rings. The SMILES string of the molecule is CC1(I)C2CC3CC1CN(C3)C2. The maximum Gasteiger partial charge on any atom is 0.0275 e. The summed E-state index contributed by atoms with van der Waals surface area (Å²) in [7, 11) is 0. The molecule has 68 valence electrons. The number of alkyl halides is 1. The lowest BCUT2D eigenvalue weighted by molar-refractivity contribution is -0.0353. The van der Waals surface area contributed by atoms with Gasteiger partial charge in [-0.3, -0.25) is 0 Å². The number of halogens is 1. The first-order chi connectivity index (χ1) is 5.66. The van der Waals surface area contributed by atoms with Crippen molar-refractivity contribution in [3.8, 4) is 0 Å². The molecular formula is C10H16IN. The van der Waals surface area contributed by atoms with Gasteiger partial charge >= 0.3 is 0 Å². The van der Waals surface area contributed by atoms with Crippen LogP contribution in [0.15, 0.2) is 0 Å². The fourth-order valence-electron chi connectivity index (χ4n) is 3.56. The summed E-state index contributed by atoms with van der Waals surface area (Å²) in [4.78, 5) is 2.70. The summed E-state index contributed by atoms with van der Waals surface area (Å²) in [6, 6.07) is 0. The summed E-state index contributed by atoms with van der Waals surface area (Å²) in [5.41, 5.74) is 0. The Bertz CT molecular complexity index is 182. The van der Waals surface area contributed by atoms with Crippen molar-refractivity contribution >= 4 is 22.6 Å². The molecule has 0 aromatic carbocycles. The van der Waals surface area contributed by atoms with Crippen LogP contribution in [0.5, 0.6) is 0 Å². The van der Waals surface area contributed by atoms with E-state index in [2.05, 4.69) is 34.4 Å². The molecule has 4 aliphatic rings. The van der Waals surface area contributed by atoms with E-state index < -0.39 is 0 Å². The van der Waals surface area contributed by atoms with Gasteiger partial charge in [0.25, 0.3) is 0 Å². The number of rotatable bonds is 0. The Morgan fingerprint density at radius 2 is 1.75 bits per heavy atom. The van der Waals surface area contributed by atoms with Gasteiger partial charge in [0.05, 0.1) is 0 Å². The Hall–Kier alpha value is 0.690. The van der Waals surface area contributed by atoms with Crippen LogP contribution in [0.1, 0.15) is 19.8 Å². The first-order valence-corrected chi connectivity index (χ1v) is 6.15. The molecule has 4 rings (SSSR count). The van der Waals surface area contributed by atoms with Gasteiger partial charge in [0.1, 0.15) is 0 Å². The van der Waals surface area contributed by atoms with E-state index in [4.69, 9.17) is 0 Å². The predicted octanol–water partition coefficient (Wildman–Crippen LogP) is 2.15. The zero-order valence-electron chi connectivity index (χ0n) is 7.59. The van der Waals surface area contributed by atoms with Crippen molar-refractivity contribution in [2.75, 3.05) is 19.6 Å². The van der Waals surface area contributed by atoms with Gasteiger partial charge in [0.2, 0.25) is 0 Å². The highest BCUT2D eigenvalue weighted by Gasteiger charge is 2.52. The molecule has 0 aromatic heterocycles. The highest BCUT2D eigenvalue weighted by molar-refractivity contribution is 14.1. The number of nitrogens with zero attached hydrogens (tertiary/aromatic N) is 1. The number of hydrogen-bond donors (Lipinski definition) is 0. The van der Waals surface area contributed by atoms with Gasteiger partial charge in [-0.05, 0) is 37.5 Å². The van der Waals surface area contributed by atoms with E-state index in [0.717, 1.165) is 17.8 Å². The average Bonchev–Trinajstić information content (AvgIpc) is 1.99. The van der Waals surface area contributed by atoms with Gasteiger partial charge in [-0.15, -0.1) is 0 Å². The van der Waals surface area contributed by atoms with Crippen LogP contribution < -0.4 is 0 Å². The molecule has 0 radical (unpaired) electrons. The van der Waals surface area contributed by atoms with E-state index in [1.165, 1.54) is 32.5 Å².